The highest BCUT2D eigenvalue weighted by molar-refractivity contribution is 6.35. The molecule has 5 rings (SSSR count). The molecule has 1 aromatic heterocycles. The van der Waals surface area contributed by atoms with Crippen LogP contribution in [0.3, 0.4) is 0 Å². The number of anilines is 1. The number of amides is 1. The Kier molecular flexibility index (Phi) is 7.15. The molecule has 1 spiro atoms. The molecule has 0 unspecified atom stereocenters. The second kappa shape index (κ2) is 10.2. The fraction of sp³-hybridized carbons (Fsp3) is 0.310. The lowest BCUT2D eigenvalue weighted by Crippen LogP contribution is -2.46. The number of likely N-dealkylation sites (tertiary alicyclic amines) is 1. The summed E-state index contributed by atoms with van der Waals surface area (Å²) in [6, 6.07) is 15.2. The van der Waals surface area contributed by atoms with Crippen LogP contribution in [-0.2, 0) is 5.41 Å². The second-order valence-corrected chi connectivity index (χ2v) is 11.1. The van der Waals surface area contributed by atoms with E-state index in [1.54, 1.807) is 6.07 Å². The van der Waals surface area contributed by atoms with Gasteiger partial charge in [-0.2, -0.15) is 0 Å². The van der Waals surface area contributed by atoms with Gasteiger partial charge in [-0.05, 0) is 93.4 Å². The lowest BCUT2D eigenvalue weighted by atomic mass is 9.74. The normalized spacial score (nSPS) is 17.2. The van der Waals surface area contributed by atoms with Crippen molar-refractivity contribution in [2.24, 2.45) is 0 Å². The number of aryl methyl sites for hydroxylation is 2. The molecular weight excluding hydrogens is 513 g/mol. The third-order valence-corrected chi connectivity index (χ3v) is 8.09. The van der Waals surface area contributed by atoms with Crippen molar-refractivity contribution < 1.29 is 4.79 Å². The van der Waals surface area contributed by atoms with Crippen LogP contribution in [0.5, 0.6) is 0 Å². The zero-order valence-corrected chi connectivity index (χ0v) is 22.7. The van der Waals surface area contributed by atoms with E-state index in [-0.39, 0.29) is 11.3 Å². The first-order valence-electron chi connectivity index (χ1n) is 12.2. The molecule has 186 valence electrons. The van der Waals surface area contributed by atoms with Crippen LogP contribution in [-0.4, -0.2) is 42.0 Å². The van der Waals surface area contributed by atoms with Gasteiger partial charge in [-0.1, -0.05) is 53.0 Å². The van der Waals surface area contributed by atoms with Gasteiger partial charge >= 0.3 is 0 Å². The minimum atomic E-state index is -0.0906. The highest BCUT2D eigenvalue weighted by Gasteiger charge is 2.46. The summed E-state index contributed by atoms with van der Waals surface area (Å²) >= 11 is 18.7. The number of hydrogen-bond acceptors (Lipinski definition) is 3. The van der Waals surface area contributed by atoms with E-state index in [1.807, 2.05) is 61.2 Å². The van der Waals surface area contributed by atoms with Crippen molar-refractivity contribution in [2.75, 3.05) is 31.1 Å². The van der Waals surface area contributed by atoms with Gasteiger partial charge < -0.3 is 4.90 Å². The van der Waals surface area contributed by atoms with Crippen molar-refractivity contribution in [3.05, 3.63) is 97.8 Å². The predicted molar refractivity (Wildman–Crippen MR) is 150 cm³/mol. The molecule has 1 saturated heterocycles. The zero-order chi connectivity index (χ0) is 25.4. The number of pyridine rings is 1. The van der Waals surface area contributed by atoms with Gasteiger partial charge in [0.25, 0.3) is 5.91 Å². The fourth-order valence-electron chi connectivity index (χ4n) is 5.49. The monoisotopic (exact) mass is 539 g/mol. The van der Waals surface area contributed by atoms with E-state index in [2.05, 4.69) is 22.0 Å². The highest BCUT2D eigenvalue weighted by Crippen LogP contribution is 2.48. The van der Waals surface area contributed by atoms with Crippen molar-refractivity contribution in [2.45, 2.75) is 32.1 Å². The molecule has 2 aromatic carbocycles. The zero-order valence-electron chi connectivity index (χ0n) is 20.4. The summed E-state index contributed by atoms with van der Waals surface area (Å²) in [6.45, 7) is 7.25. The van der Waals surface area contributed by atoms with Crippen LogP contribution in [0.4, 0.5) is 5.69 Å². The molecule has 1 fully saturated rings. The molecule has 1 amide bonds. The predicted octanol–water partition coefficient (Wildman–Crippen LogP) is 7.37. The summed E-state index contributed by atoms with van der Waals surface area (Å²) in [4.78, 5) is 22.5. The number of rotatable bonds is 4. The first-order valence-corrected chi connectivity index (χ1v) is 13.3. The SMILES string of the molecule is Cc1cc(C(=O)N2CC3(CCN(C/C=C/c4ccc(Cl)cc4Cl)CC3)c3cc(Cl)ccc32)cc(C)n1. The second-order valence-electron chi connectivity index (χ2n) is 9.84. The summed E-state index contributed by atoms with van der Waals surface area (Å²) < 4.78 is 0. The van der Waals surface area contributed by atoms with Gasteiger partial charge in [-0.25, -0.2) is 0 Å². The van der Waals surface area contributed by atoms with Crippen molar-refractivity contribution >= 4 is 52.5 Å². The average Bonchev–Trinajstić information content (AvgIpc) is 3.14. The molecule has 2 aliphatic heterocycles. The minimum absolute atomic E-state index is 0.0225. The number of halogens is 3. The van der Waals surface area contributed by atoms with Crippen molar-refractivity contribution in [1.29, 1.82) is 0 Å². The van der Waals surface area contributed by atoms with Crippen LogP contribution in [0.1, 0.15) is 45.7 Å². The maximum atomic E-state index is 13.6. The third-order valence-electron chi connectivity index (χ3n) is 7.29. The van der Waals surface area contributed by atoms with Gasteiger partial charge in [0.1, 0.15) is 0 Å². The number of benzene rings is 2. The Labute approximate surface area is 227 Å². The number of fused-ring (bicyclic) bond motifs is 2. The number of carbonyl (C=O) groups is 1. The molecule has 0 atom stereocenters. The molecule has 0 saturated carbocycles. The Morgan fingerprint density at radius 2 is 1.64 bits per heavy atom. The summed E-state index contributed by atoms with van der Waals surface area (Å²) in [6.07, 6.45) is 6.13. The fourth-order valence-corrected chi connectivity index (χ4v) is 6.14. The quantitative estimate of drug-likeness (QED) is 0.347. The molecule has 0 radical (unpaired) electrons. The average molecular weight is 541 g/mol. The maximum Gasteiger partial charge on any atom is 0.258 e. The van der Waals surface area contributed by atoms with E-state index in [0.717, 1.165) is 55.1 Å². The largest absolute Gasteiger partial charge is 0.307 e. The first kappa shape index (κ1) is 25.3. The maximum absolute atomic E-state index is 13.6. The number of piperidine rings is 1. The standard InChI is InChI=1S/C29H28Cl3N3O/c1-19-14-22(15-20(2)33-19)28(36)35-18-29(25-16-23(30)7-8-27(25)35)9-12-34(13-10-29)11-3-4-21-5-6-24(31)17-26(21)32/h3-8,14-17H,9-13,18H2,1-2H3/b4-3+. The Bertz CT molecular complexity index is 1330. The van der Waals surface area contributed by atoms with Crippen LogP contribution >= 0.6 is 34.8 Å². The van der Waals surface area contributed by atoms with Gasteiger partial charge in [0.15, 0.2) is 0 Å². The van der Waals surface area contributed by atoms with Crippen molar-refractivity contribution in [1.82, 2.24) is 9.88 Å². The molecule has 7 heteroatoms. The number of nitrogens with zero attached hydrogens (tertiary/aromatic N) is 3. The summed E-state index contributed by atoms with van der Waals surface area (Å²) in [7, 11) is 0. The van der Waals surface area contributed by atoms with Gasteiger partial charge in [-0.3, -0.25) is 14.7 Å². The summed E-state index contributed by atoms with van der Waals surface area (Å²) in [5.74, 6) is 0.0225. The number of carbonyl (C=O) groups excluding carboxylic acids is 1. The summed E-state index contributed by atoms with van der Waals surface area (Å²) in [5.41, 5.74) is 5.42. The topological polar surface area (TPSA) is 36.4 Å². The Balaban J connectivity index is 1.32. The smallest absolute Gasteiger partial charge is 0.258 e. The first-order chi connectivity index (χ1) is 17.2. The van der Waals surface area contributed by atoms with Crippen LogP contribution in [0, 0.1) is 13.8 Å². The van der Waals surface area contributed by atoms with Gasteiger partial charge in [0.2, 0.25) is 0 Å². The molecule has 3 aromatic rings. The number of hydrogen-bond donors (Lipinski definition) is 0. The lowest BCUT2D eigenvalue weighted by molar-refractivity contribution is 0.0977. The third kappa shape index (κ3) is 5.05. The van der Waals surface area contributed by atoms with Crippen molar-refractivity contribution in [3.63, 3.8) is 0 Å². The minimum Gasteiger partial charge on any atom is -0.307 e. The van der Waals surface area contributed by atoms with E-state index in [4.69, 9.17) is 34.8 Å². The van der Waals surface area contributed by atoms with E-state index >= 15 is 0 Å². The molecule has 0 N–H and O–H groups in total. The molecular formula is C29H28Cl3N3O. The van der Waals surface area contributed by atoms with Gasteiger partial charge in [0, 0.05) is 56.2 Å². The number of aromatic nitrogens is 1. The van der Waals surface area contributed by atoms with Crippen LogP contribution in [0.15, 0.2) is 54.6 Å². The van der Waals surface area contributed by atoms with E-state index in [9.17, 15) is 4.79 Å². The molecule has 0 bridgehead atoms. The van der Waals surface area contributed by atoms with Gasteiger partial charge in [0.05, 0.1) is 0 Å². The summed E-state index contributed by atoms with van der Waals surface area (Å²) in [5, 5.41) is 2.00. The van der Waals surface area contributed by atoms with Crippen LogP contribution in [0.25, 0.3) is 6.08 Å². The van der Waals surface area contributed by atoms with Gasteiger partial charge in [-0.15, -0.1) is 0 Å². The highest BCUT2D eigenvalue weighted by atomic mass is 35.5. The molecule has 3 heterocycles. The van der Waals surface area contributed by atoms with E-state index in [0.29, 0.717) is 27.2 Å². The van der Waals surface area contributed by atoms with Crippen molar-refractivity contribution in [3.8, 4) is 0 Å². The Morgan fingerprint density at radius 3 is 2.33 bits per heavy atom. The van der Waals surface area contributed by atoms with E-state index in [1.165, 1.54) is 5.56 Å². The Hall–Kier alpha value is -2.37. The molecule has 4 nitrogen and oxygen atoms in total. The lowest BCUT2D eigenvalue weighted by Gasteiger charge is -2.39. The molecule has 36 heavy (non-hydrogen) atoms. The molecule has 0 aliphatic carbocycles. The molecule has 2 aliphatic rings. The Morgan fingerprint density at radius 1 is 0.972 bits per heavy atom. The van der Waals surface area contributed by atoms with E-state index < -0.39 is 0 Å². The van der Waals surface area contributed by atoms with Crippen LogP contribution < -0.4 is 4.90 Å². The van der Waals surface area contributed by atoms with Crippen LogP contribution in [0.2, 0.25) is 15.1 Å².